The first-order chi connectivity index (χ1) is 9.03. The van der Waals surface area contributed by atoms with E-state index in [1.54, 1.807) is 20.8 Å². The summed E-state index contributed by atoms with van der Waals surface area (Å²) in [6, 6.07) is -0.997. The number of rotatable bonds is 4. The highest BCUT2D eigenvalue weighted by atomic mass is 16.6. The fourth-order valence-corrected chi connectivity index (χ4v) is 0.821. The first-order valence-corrected chi connectivity index (χ1v) is 6.52. The van der Waals surface area contributed by atoms with Gasteiger partial charge in [-0.15, -0.1) is 0 Å². The molecule has 118 valence electrons. The lowest BCUT2D eigenvalue weighted by atomic mass is 10.2. The fourth-order valence-electron chi connectivity index (χ4n) is 0.821. The Labute approximate surface area is 120 Å². The molecule has 0 aliphatic rings. The average molecular weight is 290 g/mol. The van der Waals surface area contributed by atoms with Gasteiger partial charge in [-0.3, -0.25) is 9.59 Å². The molecular formula is C13H26N2O5. The molecule has 0 saturated heterocycles. The summed E-state index contributed by atoms with van der Waals surface area (Å²) in [7, 11) is 0. The molecule has 2 amide bonds. The van der Waals surface area contributed by atoms with Crippen molar-refractivity contribution < 1.29 is 24.2 Å². The van der Waals surface area contributed by atoms with Gasteiger partial charge in [0.25, 0.3) is 0 Å². The summed E-state index contributed by atoms with van der Waals surface area (Å²) in [4.78, 5) is 32.8. The Balaban J connectivity index is 0. The van der Waals surface area contributed by atoms with Crippen LogP contribution in [-0.2, 0) is 14.3 Å². The lowest BCUT2D eigenvalue weighted by molar-refractivity contribution is -0.141. The molecule has 0 fully saturated rings. The minimum absolute atomic E-state index is 0.327. The van der Waals surface area contributed by atoms with Gasteiger partial charge < -0.3 is 20.5 Å². The summed E-state index contributed by atoms with van der Waals surface area (Å²) in [6.07, 6.45) is 0.524. The number of carboxylic acids is 1. The lowest BCUT2D eigenvalue weighted by Crippen LogP contribution is -2.44. The molecular weight excluding hydrogens is 264 g/mol. The van der Waals surface area contributed by atoms with Crippen molar-refractivity contribution in [3.8, 4) is 0 Å². The SMILES string of the molecule is CC(NC(=O)CNC(=O)OC(C)(C)C)C(=O)O.CCC. The van der Waals surface area contributed by atoms with Gasteiger partial charge in [-0.25, -0.2) is 4.79 Å². The number of amides is 2. The van der Waals surface area contributed by atoms with Crippen LogP contribution in [-0.4, -0.2) is 41.3 Å². The standard InChI is InChI=1S/C10H18N2O5.C3H8/c1-6(8(14)15)12-7(13)5-11-9(16)17-10(2,3)4;1-3-2/h6H,5H2,1-4H3,(H,11,16)(H,12,13)(H,14,15);3H2,1-2H3. The molecule has 20 heavy (non-hydrogen) atoms. The number of aliphatic carboxylic acids is 1. The first-order valence-electron chi connectivity index (χ1n) is 6.52. The van der Waals surface area contributed by atoms with E-state index >= 15 is 0 Å². The molecule has 1 unspecified atom stereocenters. The third-order valence-corrected chi connectivity index (χ3v) is 1.54. The van der Waals surface area contributed by atoms with Gasteiger partial charge in [0.1, 0.15) is 18.2 Å². The first kappa shape index (κ1) is 20.5. The number of nitrogens with one attached hydrogen (secondary N) is 2. The number of carbonyl (C=O) groups excluding carboxylic acids is 2. The topological polar surface area (TPSA) is 105 Å². The van der Waals surface area contributed by atoms with Crippen molar-refractivity contribution in [1.29, 1.82) is 0 Å². The lowest BCUT2D eigenvalue weighted by Gasteiger charge is -2.19. The molecule has 0 aromatic heterocycles. The van der Waals surface area contributed by atoms with Crippen molar-refractivity contribution in [2.24, 2.45) is 0 Å². The monoisotopic (exact) mass is 290 g/mol. The predicted molar refractivity (Wildman–Crippen MR) is 75.4 cm³/mol. The van der Waals surface area contributed by atoms with E-state index < -0.39 is 29.6 Å². The molecule has 0 heterocycles. The van der Waals surface area contributed by atoms with Crippen molar-refractivity contribution in [3.63, 3.8) is 0 Å². The van der Waals surface area contributed by atoms with E-state index in [0.29, 0.717) is 0 Å². The molecule has 3 N–H and O–H groups in total. The second kappa shape index (κ2) is 10.1. The average Bonchev–Trinajstić information content (AvgIpc) is 2.25. The number of hydrogen-bond donors (Lipinski definition) is 3. The van der Waals surface area contributed by atoms with Crippen molar-refractivity contribution >= 4 is 18.0 Å². The van der Waals surface area contributed by atoms with Crippen LogP contribution in [0.15, 0.2) is 0 Å². The molecule has 0 radical (unpaired) electrons. The second-order valence-corrected chi connectivity index (χ2v) is 5.19. The van der Waals surface area contributed by atoms with E-state index in [9.17, 15) is 14.4 Å². The minimum atomic E-state index is -1.14. The summed E-state index contributed by atoms with van der Waals surface area (Å²) >= 11 is 0. The normalized spacial score (nSPS) is 11.5. The smallest absolute Gasteiger partial charge is 0.408 e. The Morgan fingerprint density at radius 1 is 1.20 bits per heavy atom. The van der Waals surface area contributed by atoms with Crippen LogP contribution >= 0.6 is 0 Å². The molecule has 0 saturated carbocycles. The van der Waals surface area contributed by atoms with E-state index in [4.69, 9.17) is 9.84 Å². The highest BCUT2D eigenvalue weighted by Crippen LogP contribution is 2.05. The van der Waals surface area contributed by atoms with Crippen LogP contribution in [0.4, 0.5) is 4.79 Å². The molecule has 0 aliphatic heterocycles. The van der Waals surface area contributed by atoms with Gasteiger partial charge in [-0.05, 0) is 27.7 Å². The quantitative estimate of drug-likeness (QED) is 0.728. The van der Waals surface area contributed by atoms with Gasteiger partial charge in [0.05, 0.1) is 0 Å². The summed E-state index contributed by atoms with van der Waals surface area (Å²) in [5.74, 6) is -1.73. The second-order valence-electron chi connectivity index (χ2n) is 5.19. The van der Waals surface area contributed by atoms with Gasteiger partial charge in [0.2, 0.25) is 5.91 Å². The maximum atomic E-state index is 11.2. The van der Waals surface area contributed by atoms with Crippen molar-refractivity contribution in [1.82, 2.24) is 10.6 Å². The molecule has 0 aromatic carbocycles. The van der Waals surface area contributed by atoms with Crippen LogP contribution in [0.1, 0.15) is 48.0 Å². The molecule has 0 rings (SSSR count). The van der Waals surface area contributed by atoms with Crippen LogP contribution in [0.3, 0.4) is 0 Å². The summed E-state index contributed by atoms with van der Waals surface area (Å²) in [5.41, 5.74) is -0.644. The van der Waals surface area contributed by atoms with Crippen molar-refractivity contribution in [3.05, 3.63) is 0 Å². The predicted octanol–water partition coefficient (Wildman–Crippen LogP) is 1.52. The summed E-state index contributed by atoms with van der Waals surface area (Å²) in [5, 5.41) is 12.9. The zero-order valence-electron chi connectivity index (χ0n) is 13.1. The van der Waals surface area contributed by atoms with Crippen LogP contribution in [0.5, 0.6) is 0 Å². The minimum Gasteiger partial charge on any atom is -0.480 e. The molecule has 7 nitrogen and oxygen atoms in total. The Morgan fingerprint density at radius 3 is 2.00 bits per heavy atom. The van der Waals surface area contributed by atoms with Crippen LogP contribution < -0.4 is 10.6 Å². The Bertz CT molecular complexity index is 323. The van der Waals surface area contributed by atoms with Crippen LogP contribution in [0, 0.1) is 0 Å². The molecule has 0 spiro atoms. The van der Waals surface area contributed by atoms with Gasteiger partial charge in [-0.2, -0.15) is 0 Å². The number of carbonyl (C=O) groups is 3. The zero-order valence-corrected chi connectivity index (χ0v) is 13.1. The van der Waals surface area contributed by atoms with Gasteiger partial charge in [0, 0.05) is 0 Å². The Hall–Kier alpha value is -1.79. The van der Waals surface area contributed by atoms with Crippen molar-refractivity contribution in [2.45, 2.75) is 59.6 Å². The third-order valence-electron chi connectivity index (χ3n) is 1.54. The van der Waals surface area contributed by atoms with Gasteiger partial charge in [-0.1, -0.05) is 20.3 Å². The summed E-state index contributed by atoms with van der Waals surface area (Å²) < 4.78 is 4.89. The van der Waals surface area contributed by atoms with Crippen LogP contribution in [0.2, 0.25) is 0 Å². The maximum absolute atomic E-state index is 11.2. The highest BCUT2D eigenvalue weighted by Gasteiger charge is 2.18. The van der Waals surface area contributed by atoms with Crippen LogP contribution in [0.25, 0.3) is 0 Å². The molecule has 0 aromatic rings. The van der Waals surface area contributed by atoms with E-state index in [1.165, 1.54) is 13.3 Å². The fraction of sp³-hybridized carbons (Fsp3) is 0.769. The zero-order chi connectivity index (χ0) is 16.3. The number of hydrogen-bond acceptors (Lipinski definition) is 4. The van der Waals surface area contributed by atoms with Gasteiger partial charge in [0.15, 0.2) is 0 Å². The van der Waals surface area contributed by atoms with E-state index in [2.05, 4.69) is 24.5 Å². The van der Waals surface area contributed by atoms with E-state index in [-0.39, 0.29) is 6.54 Å². The van der Waals surface area contributed by atoms with Crippen molar-refractivity contribution in [2.75, 3.05) is 6.54 Å². The largest absolute Gasteiger partial charge is 0.480 e. The Morgan fingerprint density at radius 2 is 1.65 bits per heavy atom. The maximum Gasteiger partial charge on any atom is 0.408 e. The summed E-state index contributed by atoms with van der Waals surface area (Å²) in [6.45, 7) is 10.3. The van der Waals surface area contributed by atoms with E-state index in [1.807, 2.05) is 0 Å². The highest BCUT2D eigenvalue weighted by molar-refractivity contribution is 5.86. The number of ether oxygens (including phenoxy) is 1. The van der Waals surface area contributed by atoms with E-state index in [0.717, 1.165) is 0 Å². The Kier molecular flexibility index (Phi) is 10.3. The number of alkyl carbamates (subject to hydrolysis) is 1. The third kappa shape index (κ3) is 14.3. The molecule has 0 aliphatic carbocycles. The molecule has 7 heteroatoms. The molecule has 0 bridgehead atoms. The number of carboxylic acid groups (broad SMARTS) is 1. The van der Waals surface area contributed by atoms with Gasteiger partial charge >= 0.3 is 12.1 Å². The molecule has 1 atom stereocenters.